The van der Waals surface area contributed by atoms with Crippen LogP contribution in [0, 0.1) is 11.6 Å². The van der Waals surface area contributed by atoms with Crippen molar-refractivity contribution in [2.75, 3.05) is 14.2 Å². The van der Waals surface area contributed by atoms with Crippen LogP contribution < -0.4 is 9.47 Å². The molecule has 0 aliphatic heterocycles. The Bertz CT molecular complexity index is 617. The quantitative estimate of drug-likeness (QED) is 0.763. The lowest BCUT2D eigenvalue weighted by Gasteiger charge is -2.16. The lowest BCUT2D eigenvalue weighted by Crippen LogP contribution is -2.02. The van der Waals surface area contributed by atoms with Crippen LogP contribution in [0.25, 0.3) is 0 Å². The first-order valence-corrected chi connectivity index (χ1v) is 6.80. The summed E-state index contributed by atoms with van der Waals surface area (Å²) in [7, 11) is 3.06. The molecular weight excluding hydrogens is 330 g/mol. The maximum absolute atomic E-state index is 13.9. The Labute approximate surface area is 124 Å². The number of hydrogen-bond donors (Lipinski definition) is 0. The SMILES string of the molecule is COc1ccc(OC)c(C(Br)c2cccc(F)c2F)c1. The number of benzene rings is 2. The van der Waals surface area contributed by atoms with Crippen molar-refractivity contribution in [3.8, 4) is 11.5 Å². The molecule has 2 rings (SSSR count). The molecule has 0 N–H and O–H groups in total. The molecule has 0 radical (unpaired) electrons. The van der Waals surface area contributed by atoms with Crippen LogP contribution in [-0.2, 0) is 0 Å². The van der Waals surface area contributed by atoms with Gasteiger partial charge in [-0.2, -0.15) is 0 Å². The Morgan fingerprint density at radius 2 is 1.75 bits per heavy atom. The Morgan fingerprint density at radius 1 is 1.00 bits per heavy atom. The molecule has 0 heterocycles. The average Bonchev–Trinajstić information content (AvgIpc) is 2.48. The zero-order valence-corrected chi connectivity index (χ0v) is 12.6. The van der Waals surface area contributed by atoms with Gasteiger partial charge in [0.05, 0.1) is 19.0 Å². The Kier molecular flexibility index (Phi) is 4.60. The molecule has 2 nitrogen and oxygen atoms in total. The molecule has 0 bridgehead atoms. The van der Waals surface area contributed by atoms with E-state index < -0.39 is 16.5 Å². The van der Waals surface area contributed by atoms with E-state index in [0.717, 1.165) is 6.07 Å². The molecule has 2 aromatic rings. The van der Waals surface area contributed by atoms with Gasteiger partial charge >= 0.3 is 0 Å². The van der Waals surface area contributed by atoms with Crippen LogP contribution in [0.2, 0.25) is 0 Å². The van der Waals surface area contributed by atoms with E-state index in [-0.39, 0.29) is 5.56 Å². The molecule has 0 aliphatic rings. The first-order valence-electron chi connectivity index (χ1n) is 5.88. The highest BCUT2D eigenvalue weighted by Crippen LogP contribution is 2.39. The van der Waals surface area contributed by atoms with Crippen LogP contribution in [0.5, 0.6) is 11.5 Å². The molecule has 106 valence electrons. The van der Waals surface area contributed by atoms with E-state index in [1.165, 1.54) is 26.4 Å². The second-order valence-corrected chi connectivity index (χ2v) is 5.03. The topological polar surface area (TPSA) is 18.5 Å². The van der Waals surface area contributed by atoms with Crippen LogP contribution in [0.3, 0.4) is 0 Å². The predicted octanol–water partition coefficient (Wildman–Crippen LogP) is 4.47. The van der Waals surface area contributed by atoms with Gasteiger partial charge in [0.1, 0.15) is 11.5 Å². The smallest absolute Gasteiger partial charge is 0.163 e. The molecule has 0 spiro atoms. The van der Waals surface area contributed by atoms with Crippen molar-refractivity contribution in [1.29, 1.82) is 0 Å². The molecule has 0 aromatic heterocycles. The third-order valence-corrected chi connectivity index (χ3v) is 3.95. The van der Waals surface area contributed by atoms with E-state index in [9.17, 15) is 8.78 Å². The van der Waals surface area contributed by atoms with Gasteiger partial charge in [0.25, 0.3) is 0 Å². The van der Waals surface area contributed by atoms with E-state index in [1.807, 2.05) is 0 Å². The highest BCUT2D eigenvalue weighted by Gasteiger charge is 2.21. The molecule has 0 fully saturated rings. The minimum atomic E-state index is -0.881. The maximum Gasteiger partial charge on any atom is 0.163 e. The summed E-state index contributed by atoms with van der Waals surface area (Å²) in [6.45, 7) is 0. The lowest BCUT2D eigenvalue weighted by atomic mass is 10.0. The van der Waals surface area contributed by atoms with E-state index in [0.29, 0.717) is 17.1 Å². The van der Waals surface area contributed by atoms with E-state index in [4.69, 9.17) is 9.47 Å². The van der Waals surface area contributed by atoms with E-state index >= 15 is 0 Å². The van der Waals surface area contributed by atoms with Crippen LogP contribution in [-0.4, -0.2) is 14.2 Å². The van der Waals surface area contributed by atoms with E-state index in [1.54, 1.807) is 18.2 Å². The summed E-state index contributed by atoms with van der Waals surface area (Å²) >= 11 is 3.39. The van der Waals surface area contributed by atoms with Gasteiger partial charge < -0.3 is 9.47 Å². The van der Waals surface area contributed by atoms with Gasteiger partial charge in [-0.25, -0.2) is 8.78 Å². The summed E-state index contributed by atoms with van der Waals surface area (Å²) in [6.07, 6.45) is 0. The van der Waals surface area contributed by atoms with E-state index in [2.05, 4.69) is 15.9 Å². The lowest BCUT2D eigenvalue weighted by molar-refractivity contribution is 0.399. The molecule has 5 heteroatoms. The normalized spacial score (nSPS) is 12.1. The minimum absolute atomic E-state index is 0.205. The number of methoxy groups -OCH3 is 2. The van der Waals surface area contributed by atoms with Crippen molar-refractivity contribution in [3.05, 3.63) is 59.2 Å². The Balaban J connectivity index is 2.51. The minimum Gasteiger partial charge on any atom is -0.497 e. The second kappa shape index (κ2) is 6.22. The van der Waals surface area contributed by atoms with Crippen molar-refractivity contribution >= 4 is 15.9 Å². The molecule has 0 saturated heterocycles. The maximum atomic E-state index is 13.9. The zero-order valence-electron chi connectivity index (χ0n) is 11.0. The largest absolute Gasteiger partial charge is 0.497 e. The van der Waals surface area contributed by atoms with Crippen LogP contribution in [0.1, 0.15) is 16.0 Å². The molecule has 1 unspecified atom stereocenters. The first-order chi connectivity index (χ1) is 9.58. The monoisotopic (exact) mass is 342 g/mol. The number of ether oxygens (including phenoxy) is 2. The summed E-state index contributed by atoms with van der Waals surface area (Å²) in [6, 6.07) is 9.26. The molecule has 2 aromatic carbocycles. The van der Waals surface area contributed by atoms with Gasteiger partial charge in [-0.05, 0) is 24.3 Å². The third-order valence-electron chi connectivity index (χ3n) is 2.96. The third kappa shape index (κ3) is 2.77. The molecule has 20 heavy (non-hydrogen) atoms. The molecule has 0 amide bonds. The predicted molar refractivity (Wildman–Crippen MR) is 76.7 cm³/mol. The first kappa shape index (κ1) is 14.8. The second-order valence-electron chi connectivity index (χ2n) is 4.11. The number of alkyl halides is 1. The fourth-order valence-electron chi connectivity index (χ4n) is 1.92. The summed E-state index contributed by atoms with van der Waals surface area (Å²) < 4.78 is 37.6. The molecule has 0 saturated carbocycles. The van der Waals surface area contributed by atoms with Gasteiger partial charge in [-0.15, -0.1) is 0 Å². The zero-order chi connectivity index (χ0) is 14.7. The number of hydrogen-bond acceptors (Lipinski definition) is 2. The number of halogens is 3. The highest BCUT2D eigenvalue weighted by molar-refractivity contribution is 9.09. The van der Waals surface area contributed by atoms with Crippen molar-refractivity contribution in [1.82, 2.24) is 0 Å². The van der Waals surface area contributed by atoms with Crippen molar-refractivity contribution in [2.24, 2.45) is 0 Å². The molecular formula is C15H13BrF2O2. The van der Waals surface area contributed by atoms with Crippen molar-refractivity contribution in [3.63, 3.8) is 0 Å². The van der Waals surface area contributed by atoms with Gasteiger partial charge in [0.15, 0.2) is 11.6 Å². The van der Waals surface area contributed by atoms with Crippen molar-refractivity contribution in [2.45, 2.75) is 4.83 Å². The van der Waals surface area contributed by atoms with Gasteiger partial charge in [0, 0.05) is 11.1 Å². The van der Waals surface area contributed by atoms with Gasteiger partial charge in [-0.1, -0.05) is 28.1 Å². The average molecular weight is 343 g/mol. The summed E-state index contributed by atoms with van der Waals surface area (Å²) in [5.74, 6) is -0.577. The van der Waals surface area contributed by atoms with Gasteiger partial charge in [0.2, 0.25) is 0 Å². The van der Waals surface area contributed by atoms with Crippen LogP contribution >= 0.6 is 15.9 Å². The molecule has 1 atom stereocenters. The summed E-state index contributed by atoms with van der Waals surface area (Å²) in [5, 5.41) is 0. The summed E-state index contributed by atoms with van der Waals surface area (Å²) in [5.41, 5.74) is 0.868. The Morgan fingerprint density at radius 3 is 2.40 bits per heavy atom. The fourth-order valence-corrected chi connectivity index (χ4v) is 2.63. The fraction of sp³-hybridized carbons (Fsp3) is 0.200. The molecule has 0 aliphatic carbocycles. The van der Waals surface area contributed by atoms with Gasteiger partial charge in [-0.3, -0.25) is 0 Å². The highest BCUT2D eigenvalue weighted by atomic mass is 79.9. The van der Waals surface area contributed by atoms with Crippen molar-refractivity contribution < 1.29 is 18.3 Å². The standard InChI is InChI=1S/C15H13BrF2O2/c1-19-9-6-7-13(20-2)11(8-9)14(16)10-4-3-5-12(17)15(10)18/h3-8,14H,1-2H3. The summed E-state index contributed by atoms with van der Waals surface area (Å²) in [4.78, 5) is -0.539. The Hall–Kier alpha value is -1.62. The van der Waals surface area contributed by atoms with Crippen LogP contribution in [0.4, 0.5) is 8.78 Å². The number of rotatable bonds is 4. The van der Waals surface area contributed by atoms with Crippen LogP contribution in [0.15, 0.2) is 36.4 Å².